The highest BCUT2D eigenvalue weighted by Gasteiger charge is 2.71. The van der Waals surface area contributed by atoms with Gasteiger partial charge in [0.25, 0.3) is 5.91 Å². The average molecular weight is 669 g/mol. The lowest BCUT2D eigenvalue weighted by molar-refractivity contribution is -0.149. The second-order valence-electron chi connectivity index (χ2n) is 13.0. The first kappa shape index (κ1) is 32.7. The van der Waals surface area contributed by atoms with E-state index in [1.54, 1.807) is 32.7 Å². The number of aromatic nitrogens is 3. The summed E-state index contributed by atoms with van der Waals surface area (Å²) in [6.45, 7) is 0.573. The predicted octanol–water partition coefficient (Wildman–Crippen LogP) is 2.28. The second-order valence-corrected chi connectivity index (χ2v) is 13.0. The molecule has 256 valence electrons. The van der Waals surface area contributed by atoms with Crippen LogP contribution in [0.1, 0.15) is 43.7 Å². The molecule has 0 unspecified atom stereocenters. The highest BCUT2D eigenvalue weighted by atomic mass is 16.5. The Labute approximate surface area is 283 Å². The topological polar surface area (TPSA) is 156 Å². The number of likely N-dealkylation sites (tertiary alicyclic amines) is 1. The van der Waals surface area contributed by atoms with Crippen LogP contribution >= 0.6 is 0 Å². The first-order chi connectivity index (χ1) is 23.9. The number of hydrogen-bond acceptors (Lipinski definition) is 9. The summed E-state index contributed by atoms with van der Waals surface area (Å²) in [4.78, 5) is 59.5. The molecule has 0 radical (unpaired) electrons. The van der Waals surface area contributed by atoms with Crippen molar-refractivity contribution in [1.29, 1.82) is 0 Å². The summed E-state index contributed by atoms with van der Waals surface area (Å²) >= 11 is 0. The van der Waals surface area contributed by atoms with Crippen molar-refractivity contribution in [2.75, 3.05) is 26.3 Å². The number of ether oxygens (including phenoxy) is 2. The van der Waals surface area contributed by atoms with Crippen molar-refractivity contribution in [2.24, 2.45) is 11.8 Å². The van der Waals surface area contributed by atoms with Crippen molar-refractivity contribution < 1.29 is 33.8 Å². The molecule has 3 amide bonds. The number of carbonyl (C=O) groups excluding carboxylic acids is 4. The number of unbranched alkanes of at least 4 members (excludes halogenated alkanes) is 2. The van der Waals surface area contributed by atoms with Crippen molar-refractivity contribution in [3.8, 4) is 0 Å². The van der Waals surface area contributed by atoms with Crippen LogP contribution in [0.4, 0.5) is 0 Å². The van der Waals surface area contributed by atoms with Crippen LogP contribution in [-0.4, -0.2) is 97.6 Å². The Bertz CT molecular complexity index is 1780. The van der Waals surface area contributed by atoms with E-state index in [4.69, 9.17) is 9.47 Å². The average Bonchev–Trinajstić information content (AvgIpc) is 3.70. The van der Waals surface area contributed by atoms with Crippen molar-refractivity contribution in [1.82, 2.24) is 30.1 Å². The number of fused-ring (bicyclic) bond motifs is 3. The van der Waals surface area contributed by atoms with E-state index in [2.05, 4.69) is 15.6 Å². The minimum Gasteiger partial charge on any atom is -0.463 e. The number of para-hydroxylation sites is 1. The third-order valence-electron chi connectivity index (χ3n) is 9.93. The van der Waals surface area contributed by atoms with Crippen LogP contribution in [0.5, 0.6) is 0 Å². The Balaban J connectivity index is 1.26. The smallest absolute Gasteiger partial charge is 0.306 e. The fraction of sp³-hybridized carbons (Fsp3) is 0.444. The molecule has 5 heterocycles. The summed E-state index contributed by atoms with van der Waals surface area (Å²) in [6.07, 6.45) is 8.63. The molecule has 2 aromatic carbocycles. The van der Waals surface area contributed by atoms with Gasteiger partial charge in [0, 0.05) is 26.1 Å². The molecular formula is C36H40N6O7. The van der Waals surface area contributed by atoms with E-state index in [9.17, 15) is 24.3 Å². The third kappa shape index (κ3) is 6.12. The van der Waals surface area contributed by atoms with Crippen LogP contribution in [0.2, 0.25) is 0 Å². The van der Waals surface area contributed by atoms with Crippen LogP contribution in [0.3, 0.4) is 0 Å². The first-order valence-corrected chi connectivity index (χ1v) is 16.9. The molecule has 6 atom stereocenters. The highest BCUT2D eigenvalue weighted by molar-refractivity contribution is 5.99. The van der Waals surface area contributed by atoms with Gasteiger partial charge in [0.15, 0.2) is 0 Å². The SMILES string of the molecule is O=C1CC/C=C\[C@H]2O[C@]34C=CCN(Cn5nnc6ccccc65)C(=O)[C@H]3N(CCCCCO)C(=O)[C@@H]4[C@H]2C(=O)N[C@H](c2ccccc2)CO1. The molecule has 13 heteroatoms. The normalized spacial score (nSPS) is 29.4. The summed E-state index contributed by atoms with van der Waals surface area (Å²) in [5.74, 6) is -3.40. The van der Waals surface area contributed by atoms with Gasteiger partial charge in [-0.1, -0.05) is 72.0 Å². The number of aliphatic hydroxyl groups excluding tert-OH is 1. The second kappa shape index (κ2) is 13.9. The van der Waals surface area contributed by atoms with Gasteiger partial charge in [-0.05, 0) is 43.4 Å². The molecule has 49 heavy (non-hydrogen) atoms. The van der Waals surface area contributed by atoms with Gasteiger partial charge in [0.1, 0.15) is 30.4 Å². The fourth-order valence-electron chi connectivity index (χ4n) is 7.61. The Hall–Kier alpha value is -4.88. The number of hydrogen-bond donors (Lipinski definition) is 2. The highest BCUT2D eigenvalue weighted by Crippen LogP contribution is 2.53. The third-order valence-corrected chi connectivity index (χ3v) is 9.93. The number of carbonyl (C=O) groups is 4. The monoisotopic (exact) mass is 668 g/mol. The zero-order valence-corrected chi connectivity index (χ0v) is 27.1. The van der Waals surface area contributed by atoms with Crippen molar-refractivity contribution in [2.45, 2.75) is 62.6 Å². The Morgan fingerprint density at radius 2 is 1.78 bits per heavy atom. The van der Waals surface area contributed by atoms with Crippen LogP contribution in [0.15, 0.2) is 78.9 Å². The number of nitrogens with zero attached hydrogens (tertiary/aromatic N) is 5. The molecule has 0 bridgehead atoms. The van der Waals surface area contributed by atoms with Gasteiger partial charge in [0.05, 0.1) is 29.5 Å². The minimum absolute atomic E-state index is 0.0303. The molecule has 7 rings (SSSR count). The van der Waals surface area contributed by atoms with Gasteiger partial charge in [0.2, 0.25) is 11.8 Å². The van der Waals surface area contributed by atoms with Crippen molar-refractivity contribution >= 4 is 34.7 Å². The zero-order chi connectivity index (χ0) is 34.0. The molecule has 13 nitrogen and oxygen atoms in total. The maximum absolute atomic E-state index is 14.7. The predicted molar refractivity (Wildman–Crippen MR) is 176 cm³/mol. The molecular weight excluding hydrogens is 628 g/mol. The molecule has 3 aromatic rings. The van der Waals surface area contributed by atoms with E-state index in [0.717, 1.165) is 11.1 Å². The van der Waals surface area contributed by atoms with Crippen LogP contribution in [0, 0.1) is 11.8 Å². The number of allylic oxidation sites excluding steroid dienone is 1. The van der Waals surface area contributed by atoms with E-state index >= 15 is 0 Å². The standard InChI is InChI=1S/C36H40N6O7/c43-21-10-2-9-20-41-32-35(47)40(23-42-27-15-6-5-14-25(27)38-39-42)19-11-18-36(32)31(34(41)46)30-28(49-36)16-7-8-17-29(44)48-22-26(37-33(30)45)24-12-3-1-4-13-24/h1,3-7,11-16,18,26,28,30-32,43H,2,8-10,17,19-23H2,(H,37,45)/b16-7-/t26-,28+,30-,31-,32+,36-/m0/s1. The molecule has 1 aromatic heterocycles. The van der Waals surface area contributed by atoms with Gasteiger partial charge in [-0.25, -0.2) is 4.68 Å². The number of benzene rings is 2. The molecule has 2 saturated heterocycles. The number of cyclic esters (lactones) is 1. The lowest BCUT2D eigenvalue weighted by Gasteiger charge is -2.35. The lowest BCUT2D eigenvalue weighted by atomic mass is 9.77. The maximum atomic E-state index is 14.7. The number of rotatable bonds is 8. The van der Waals surface area contributed by atoms with Crippen LogP contribution < -0.4 is 5.32 Å². The largest absolute Gasteiger partial charge is 0.463 e. The molecule has 4 aliphatic heterocycles. The van der Waals surface area contributed by atoms with Gasteiger partial charge in [-0.3, -0.25) is 19.2 Å². The maximum Gasteiger partial charge on any atom is 0.306 e. The molecule has 2 fully saturated rings. The molecule has 4 aliphatic rings. The number of esters is 1. The Kier molecular flexibility index (Phi) is 9.28. The number of nitrogens with one attached hydrogen (secondary N) is 1. The lowest BCUT2D eigenvalue weighted by Crippen LogP contribution is -2.55. The zero-order valence-electron chi connectivity index (χ0n) is 27.1. The van der Waals surface area contributed by atoms with E-state index in [0.29, 0.717) is 31.2 Å². The van der Waals surface area contributed by atoms with E-state index in [1.807, 2.05) is 60.7 Å². The van der Waals surface area contributed by atoms with E-state index in [-0.39, 0.29) is 57.2 Å². The molecule has 0 saturated carbocycles. The first-order valence-electron chi connectivity index (χ1n) is 16.9. The summed E-state index contributed by atoms with van der Waals surface area (Å²) in [5, 5.41) is 21.0. The van der Waals surface area contributed by atoms with Gasteiger partial charge >= 0.3 is 5.97 Å². The van der Waals surface area contributed by atoms with Gasteiger partial charge in [-0.2, -0.15) is 0 Å². The molecule has 1 spiro atoms. The fourth-order valence-corrected chi connectivity index (χ4v) is 7.61. The van der Waals surface area contributed by atoms with E-state index < -0.39 is 41.5 Å². The molecule has 2 N–H and O–H groups in total. The number of aliphatic hydroxyl groups is 1. The van der Waals surface area contributed by atoms with Crippen LogP contribution in [-0.2, 0) is 35.3 Å². The summed E-state index contributed by atoms with van der Waals surface area (Å²) in [7, 11) is 0. The van der Waals surface area contributed by atoms with E-state index in [1.165, 1.54) is 0 Å². The quantitative estimate of drug-likeness (QED) is 0.209. The van der Waals surface area contributed by atoms with Crippen molar-refractivity contribution in [3.05, 3.63) is 84.5 Å². The number of amides is 3. The van der Waals surface area contributed by atoms with Crippen molar-refractivity contribution in [3.63, 3.8) is 0 Å². The summed E-state index contributed by atoms with van der Waals surface area (Å²) < 4.78 is 14.0. The summed E-state index contributed by atoms with van der Waals surface area (Å²) in [6, 6.07) is 15.0. The Morgan fingerprint density at radius 3 is 2.61 bits per heavy atom. The summed E-state index contributed by atoms with van der Waals surface area (Å²) in [5.41, 5.74) is 0.802. The van der Waals surface area contributed by atoms with Crippen LogP contribution in [0.25, 0.3) is 11.0 Å². The molecule has 0 aliphatic carbocycles. The van der Waals surface area contributed by atoms with Gasteiger partial charge < -0.3 is 29.7 Å². The minimum atomic E-state index is -1.42. The van der Waals surface area contributed by atoms with Gasteiger partial charge in [-0.15, -0.1) is 5.10 Å². The Morgan fingerprint density at radius 1 is 0.959 bits per heavy atom.